The number of rotatable bonds is 8. The fraction of sp³-hybridized carbons (Fsp3) is 0.292. The van der Waals surface area contributed by atoms with Gasteiger partial charge in [-0.15, -0.1) is 0 Å². The van der Waals surface area contributed by atoms with Gasteiger partial charge in [-0.05, 0) is 47.9 Å². The van der Waals surface area contributed by atoms with Gasteiger partial charge >= 0.3 is 0 Å². The van der Waals surface area contributed by atoms with Gasteiger partial charge in [0, 0.05) is 13.6 Å². The van der Waals surface area contributed by atoms with Crippen molar-refractivity contribution in [2.45, 2.75) is 13.8 Å². The summed E-state index contributed by atoms with van der Waals surface area (Å²) in [5.41, 5.74) is 1.90. The predicted octanol–water partition coefficient (Wildman–Crippen LogP) is 2.80. The van der Waals surface area contributed by atoms with Crippen LogP contribution in [0.4, 0.5) is 5.69 Å². The quantitative estimate of drug-likeness (QED) is 0.662. The van der Waals surface area contributed by atoms with Gasteiger partial charge in [0.25, 0.3) is 11.8 Å². The summed E-state index contributed by atoms with van der Waals surface area (Å²) < 4.78 is 5.71. The smallest absolute Gasteiger partial charge is 0.282 e. The van der Waals surface area contributed by atoms with Crippen LogP contribution in [0.3, 0.4) is 0 Å². The topological polar surface area (TPSA) is 93.9 Å². The highest BCUT2D eigenvalue weighted by Gasteiger charge is 2.41. The van der Waals surface area contributed by atoms with E-state index in [0.717, 1.165) is 4.90 Å². The van der Waals surface area contributed by atoms with Gasteiger partial charge in [0.15, 0.2) is 0 Å². The first-order chi connectivity index (χ1) is 14.9. The largest absolute Gasteiger partial charge is 0.493 e. The van der Waals surface area contributed by atoms with E-state index in [0.29, 0.717) is 35.1 Å². The number of likely N-dealkylation sites (N-methyl/N-ethyl adjacent to an activating group) is 1. The monoisotopic (exact) mass is 419 g/mol. The van der Waals surface area contributed by atoms with Crippen molar-refractivity contribution in [3.63, 3.8) is 0 Å². The minimum atomic E-state index is -0.471. The number of aliphatic hydroxyl groups excluding tert-OH is 1. The fourth-order valence-electron chi connectivity index (χ4n) is 3.29. The number of carbonyl (C=O) groups excluding carboxylic acids is 2. The highest BCUT2D eigenvalue weighted by molar-refractivity contribution is 6.45. The lowest BCUT2D eigenvalue weighted by Crippen LogP contribution is -2.34. The van der Waals surface area contributed by atoms with Crippen molar-refractivity contribution in [1.29, 1.82) is 5.26 Å². The Kier molecular flexibility index (Phi) is 6.73. The number of carbonyl (C=O) groups is 2. The summed E-state index contributed by atoms with van der Waals surface area (Å²) in [6, 6.07) is 15.3. The third-order valence-corrected chi connectivity index (χ3v) is 4.86. The molecular weight excluding hydrogens is 394 g/mol. The standard InChI is InChI=1S/C24H25N3O4/c1-16(2)15-31-20-10-6-18(7-11-20)21-22(26(3)12-13-28)24(30)27(23(21)29)19-8-4-17(14-25)5-9-19/h4-11,16,28H,12-13,15H2,1-3H3. The van der Waals surface area contributed by atoms with Crippen molar-refractivity contribution in [2.24, 2.45) is 5.92 Å². The second-order valence-corrected chi connectivity index (χ2v) is 7.70. The molecule has 7 heteroatoms. The molecule has 0 aromatic heterocycles. The third-order valence-electron chi connectivity index (χ3n) is 4.86. The molecule has 2 aromatic carbocycles. The lowest BCUT2D eigenvalue weighted by atomic mass is 10.0. The van der Waals surface area contributed by atoms with E-state index >= 15 is 0 Å². The van der Waals surface area contributed by atoms with Crippen LogP contribution in [0.2, 0.25) is 0 Å². The first-order valence-corrected chi connectivity index (χ1v) is 10.1. The van der Waals surface area contributed by atoms with Crippen molar-refractivity contribution in [3.8, 4) is 11.8 Å². The molecule has 0 saturated carbocycles. The predicted molar refractivity (Wildman–Crippen MR) is 117 cm³/mol. The van der Waals surface area contributed by atoms with Crippen molar-refractivity contribution in [3.05, 3.63) is 65.4 Å². The molecule has 7 nitrogen and oxygen atoms in total. The van der Waals surface area contributed by atoms with E-state index in [2.05, 4.69) is 13.8 Å². The van der Waals surface area contributed by atoms with Gasteiger partial charge in [-0.25, -0.2) is 4.90 Å². The molecule has 0 spiro atoms. The van der Waals surface area contributed by atoms with E-state index in [1.807, 2.05) is 6.07 Å². The highest BCUT2D eigenvalue weighted by Crippen LogP contribution is 2.35. The molecule has 1 aliphatic rings. The Balaban J connectivity index is 2.00. The molecule has 0 bridgehead atoms. The SMILES string of the molecule is CC(C)COc1ccc(C2=C(N(C)CCO)C(=O)N(c3ccc(C#N)cc3)C2=O)cc1. The van der Waals surface area contributed by atoms with Crippen LogP contribution in [-0.4, -0.2) is 48.6 Å². The van der Waals surface area contributed by atoms with E-state index in [9.17, 15) is 14.7 Å². The van der Waals surface area contributed by atoms with Gasteiger partial charge in [-0.2, -0.15) is 5.26 Å². The molecule has 2 amide bonds. The number of anilines is 1. The molecule has 1 heterocycles. The maximum absolute atomic E-state index is 13.4. The summed E-state index contributed by atoms with van der Waals surface area (Å²) in [6.45, 7) is 4.74. The van der Waals surface area contributed by atoms with Crippen LogP contribution < -0.4 is 9.64 Å². The molecule has 0 unspecified atom stereocenters. The fourth-order valence-corrected chi connectivity index (χ4v) is 3.29. The summed E-state index contributed by atoms with van der Waals surface area (Å²) in [5.74, 6) is 0.145. The molecule has 0 aliphatic carbocycles. The highest BCUT2D eigenvalue weighted by atomic mass is 16.5. The number of nitrogens with zero attached hydrogens (tertiary/aromatic N) is 3. The van der Waals surface area contributed by atoms with Crippen molar-refractivity contribution in [1.82, 2.24) is 4.90 Å². The number of nitriles is 1. The van der Waals surface area contributed by atoms with Gasteiger partial charge in [0.05, 0.1) is 36.1 Å². The number of hydrogen-bond donors (Lipinski definition) is 1. The van der Waals surface area contributed by atoms with Gasteiger partial charge in [-0.1, -0.05) is 26.0 Å². The van der Waals surface area contributed by atoms with Crippen LogP contribution in [0.15, 0.2) is 54.2 Å². The van der Waals surface area contributed by atoms with Crippen LogP contribution in [-0.2, 0) is 9.59 Å². The molecule has 0 atom stereocenters. The van der Waals surface area contributed by atoms with Gasteiger partial charge < -0.3 is 14.7 Å². The minimum Gasteiger partial charge on any atom is -0.493 e. The summed E-state index contributed by atoms with van der Waals surface area (Å²) >= 11 is 0. The summed E-state index contributed by atoms with van der Waals surface area (Å²) in [6.07, 6.45) is 0. The first kappa shape index (κ1) is 22.1. The molecule has 1 aliphatic heterocycles. The van der Waals surface area contributed by atoms with Crippen molar-refractivity contribution >= 4 is 23.1 Å². The molecule has 31 heavy (non-hydrogen) atoms. The van der Waals surface area contributed by atoms with Crippen molar-refractivity contribution in [2.75, 3.05) is 31.7 Å². The molecule has 1 N–H and O–H groups in total. The van der Waals surface area contributed by atoms with Crippen molar-refractivity contribution < 1.29 is 19.4 Å². The zero-order chi connectivity index (χ0) is 22.5. The Morgan fingerprint density at radius 3 is 2.26 bits per heavy atom. The molecule has 160 valence electrons. The molecule has 0 fully saturated rings. The Bertz CT molecular complexity index is 1030. The zero-order valence-electron chi connectivity index (χ0n) is 17.8. The number of aliphatic hydroxyl groups is 1. The number of hydrogen-bond acceptors (Lipinski definition) is 6. The zero-order valence-corrected chi connectivity index (χ0v) is 17.8. The second kappa shape index (κ2) is 9.45. The average Bonchev–Trinajstić information content (AvgIpc) is 3.03. The van der Waals surface area contributed by atoms with E-state index in [1.54, 1.807) is 60.5 Å². The van der Waals surface area contributed by atoms with E-state index in [1.165, 1.54) is 0 Å². The van der Waals surface area contributed by atoms with E-state index in [4.69, 9.17) is 10.00 Å². The first-order valence-electron chi connectivity index (χ1n) is 10.1. The Morgan fingerprint density at radius 2 is 1.71 bits per heavy atom. The lowest BCUT2D eigenvalue weighted by Gasteiger charge is -2.20. The Morgan fingerprint density at radius 1 is 1.06 bits per heavy atom. The maximum Gasteiger partial charge on any atom is 0.282 e. The summed E-state index contributed by atoms with van der Waals surface area (Å²) in [5, 5.41) is 18.4. The van der Waals surface area contributed by atoms with Crippen LogP contribution in [0, 0.1) is 17.2 Å². The minimum absolute atomic E-state index is 0.159. The normalized spacial score (nSPS) is 13.7. The van der Waals surface area contributed by atoms with E-state index in [-0.39, 0.29) is 24.4 Å². The number of benzene rings is 2. The third kappa shape index (κ3) is 4.60. The molecular formula is C24H25N3O4. The Labute approximate surface area is 181 Å². The summed E-state index contributed by atoms with van der Waals surface area (Å²) in [4.78, 5) is 29.3. The van der Waals surface area contributed by atoms with Gasteiger partial charge in [-0.3, -0.25) is 9.59 Å². The van der Waals surface area contributed by atoms with Crippen LogP contribution in [0.25, 0.3) is 5.57 Å². The maximum atomic E-state index is 13.4. The summed E-state index contributed by atoms with van der Waals surface area (Å²) in [7, 11) is 1.67. The van der Waals surface area contributed by atoms with E-state index < -0.39 is 11.8 Å². The second-order valence-electron chi connectivity index (χ2n) is 7.70. The van der Waals surface area contributed by atoms with Gasteiger partial charge in [0.2, 0.25) is 0 Å². The number of amides is 2. The lowest BCUT2D eigenvalue weighted by molar-refractivity contribution is -0.120. The molecule has 2 aromatic rings. The number of imide groups is 1. The number of ether oxygens (including phenoxy) is 1. The molecule has 0 saturated heterocycles. The van der Waals surface area contributed by atoms with Gasteiger partial charge in [0.1, 0.15) is 11.4 Å². The average molecular weight is 419 g/mol. The Hall–Kier alpha value is -3.63. The van der Waals surface area contributed by atoms with Crippen LogP contribution >= 0.6 is 0 Å². The van der Waals surface area contributed by atoms with Crippen LogP contribution in [0.1, 0.15) is 25.0 Å². The molecule has 3 rings (SSSR count). The molecule has 0 radical (unpaired) electrons. The van der Waals surface area contributed by atoms with Crippen LogP contribution in [0.5, 0.6) is 5.75 Å².